The maximum Gasteiger partial charge on any atom is 0.191 e. The second-order valence-corrected chi connectivity index (χ2v) is 6.72. The maximum atomic E-state index is 5.04. The highest BCUT2D eigenvalue weighted by atomic mass is 127. The number of aryl methyl sites for hydroxylation is 2. The number of methoxy groups -OCH3 is 1. The molecule has 0 aliphatic carbocycles. The van der Waals surface area contributed by atoms with Gasteiger partial charge in [0, 0.05) is 39.5 Å². The van der Waals surface area contributed by atoms with E-state index in [2.05, 4.69) is 77.3 Å². The molecule has 2 rings (SSSR count). The van der Waals surface area contributed by atoms with Crippen LogP contribution in [0.3, 0.4) is 0 Å². The second-order valence-electron chi connectivity index (χ2n) is 6.72. The van der Waals surface area contributed by atoms with Crippen LogP contribution in [0.25, 0.3) is 0 Å². The number of nitrogens with one attached hydrogen (secondary N) is 3. The van der Waals surface area contributed by atoms with Gasteiger partial charge in [0.1, 0.15) is 0 Å². The lowest BCUT2D eigenvalue weighted by molar-refractivity contribution is 0.211. The highest BCUT2D eigenvalue weighted by Gasteiger charge is 2.01. The molecule has 0 aliphatic rings. The summed E-state index contributed by atoms with van der Waals surface area (Å²) in [6.45, 7) is 7.39. The topological polar surface area (TPSA) is 57.7 Å². The van der Waals surface area contributed by atoms with Crippen LogP contribution >= 0.6 is 24.0 Å². The third-order valence-electron chi connectivity index (χ3n) is 4.26. The van der Waals surface area contributed by atoms with Crippen LogP contribution in [0.4, 0.5) is 5.69 Å². The minimum absolute atomic E-state index is 0. The Morgan fingerprint density at radius 2 is 1.61 bits per heavy atom. The fourth-order valence-corrected chi connectivity index (χ4v) is 2.98. The van der Waals surface area contributed by atoms with Crippen molar-refractivity contribution in [2.24, 2.45) is 4.99 Å². The van der Waals surface area contributed by atoms with Crippen molar-refractivity contribution in [1.82, 2.24) is 10.6 Å². The van der Waals surface area contributed by atoms with Gasteiger partial charge < -0.3 is 20.7 Å². The Morgan fingerprint density at radius 1 is 0.929 bits per heavy atom. The van der Waals surface area contributed by atoms with Gasteiger partial charge in [-0.1, -0.05) is 41.5 Å². The van der Waals surface area contributed by atoms with E-state index in [0.29, 0.717) is 6.61 Å². The quantitative estimate of drug-likeness (QED) is 0.214. The Kier molecular flexibility index (Phi) is 11.6. The molecule has 0 saturated carbocycles. The zero-order valence-electron chi connectivity index (χ0n) is 17.3. The van der Waals surface area contributed by atoms with E-state index in [4.69, 9.17) is 4.74 Å². The van der Waals surface area contributed by atoms with Crippen LogP contribution in [0.1, 0.15) is 22.3 Å². The van der Waals surface area contributed by atoms with Crippen LogP contribution in [0.15, 0.2) is 47.5 Å². The van der Waals surface area contributed by atoms with Crippen LogP contribution < -0.4 is 16.0 Å². The third-order valence-corrected chi connectivity index (χ3v) is 4.26. The van der Waals surface area contributed by atoms with Crippen LogP contribution in [0, 0.1) is 13.8 Å². The van der Waals surface area contributed by atoms with Gasteiger partial charge in [0.05, 0.1) is 6.61 Å². The van der Waals surface area contributed by atoms with Crippen molar-refractivity contribution in [3.63, 3.8) is 0 Å². The van der Waals surface area contributed by atoms with Crippen molar-refractivity contribution in [2.45, 2.75) is 26.8 Å². The lowest BCUT2D eigenvalue weighted by Gasteiger charge is -2.13. The van der Waals surface area contributed by atoms with Crippen molar-refractivity contribution in [3.8, 4) is 0 Å². The Labute approximate surface area is 186 Å². The number of hydrogen-bond acceptors (Lipinski definition) is 3. The van der Waals surface area contributed by atoms with Gasteiger partial charge in [-0.15, -0.1) is 24.0 Å². The molecule has 6 heteroatoms. The van der Waals surface area contributed by atoms with Gasteiger partial charge in [-0.25, -0.2) is 0 Å². The van der Waals surface area contributed by atoms with Gasteiger partial charge in [-0.05, 0) is 43.5 Å². The van der Waals surface area contributed by atoms with Crippen LogP contribution in [-0.4, -0.2) is 39.8 Å². The molecule has 0 fully saturated rings. The fraction of sp³-hybridized carbons (Fsp3) is 0.409. The van der Waals surface area contributed by atoms with E-state index in [9.17, 15) is 0 Å². The predicted octanol–water partition coefficient (Wildman–Crippen LogP) is 3.89. The largest absolute Gasteiger partial charge is 0.383 e. The summed E-state index contributed by atoms with van der Waals surface area (Å²) in [6, 6.07) is 15.1. The molecule has 2 aromatic rings. The van der Waals surface area contributed by atoms with Gasteiger partial charge in [-0.3, -0.25) is 4.99 Å². The van der Waals surface area contributed by atoms with E-state index in [1.54, 1.807) is 14.2 Å². The zero-order valence-corrected chi connectivity index (χ0v) is 19.7. The summed E-state index contributed by atoms with van der Waals surface area (Å²) in [6.07, 6.45) is 0.977. The minimum atomic E-state index is 0. The number of hydrogen-bond donors (Lipinski definition) is 3. The minimum Gasteiger partial charge on any atom is -0.383 e. The summed E-state index contributed by atoms with van der Waals surface area (Å²) < 4.78 is 5.04. The predicted molar refractivity (Wildman–Crippen MR) is 130 cm³/mol. The molecule has 2 aromatic carbocycles. The molecule has 154 valence electrons. The number of anilines is 1. The number of nitrogens with zero attached hydrogens (tertiary/aromatic N) is 1. The summed E-state index contributed by atoms with van der Waals surface area (Å²) >= 11 is 0. The molecule has 28 heavy (non-hydrogen) atoms. The second kappa shape index (κ2) is 13.4. The van der Waals surface area contributed by atoms with Crippen molar-refractivity contribution >= 4 is 35.6 Å². The average molecular weight is 496 g/mol. The maximum absolute atomic E-state index is 5.04. The molecule has 0 unspecified atom stereocenters. The Morgan fingerprint density at radius 3 is 2.21 bits per heavy atom. The molecule has 5 nitrogen and oxygen atoms in total. The smallest absolute Gasteiger partial charge is 0.191 e. The summed E-state index contributed by atoms with van der Waals surface area (Å²) in [4.78, 5) is 4.31. The number of aliphatic imine (C=N–C) groups is 1. The molecular formula is C22H33IN4O. The summed E-state index contributed by atoms with van der Waals surface area (Å²) in [5.41, 5.74) is 6.30. The van der Waals surface area contributed by atoms with Crippen molar-refractivity contribution in [2.75, 3.05) is 39.2 Å². The van der Waals surface area contributed by atoms with Gasteiger partial charge in [-0.2, -0.15) is 0 Å². The summed E-state index contributed by atoms with van der Waals surface area (Å²) in [7, 11) is 3.51. The Hall–Kier alpha value is -1.80. The normalized spacial score (nSPS) is 10.9. The molecule has 0 spiro atoms. The lowest BCUT2D eigenvalue weighted by Crippen LogP contribution is -2.37. The molecule has 0 bridgehead atoms. The molecule has 0 aliphatic heterocycles. The van der Waals surface area contributed by atoms with E-state index in [-0.39, 0.29) is 24.0 Å². The first-order chi connectivity index (χ1) is 13.1. The van der Waals surface area contributed by atoms with Crippen molar-refractivity contribution in [3.05, 3.63) is 64.7 Å². The van der Waals surface area contributed by atoms with Gasteiger partial charge in [0.25, 0.3) is 0 Å². The summed E-state index contributed by atoms with van der Waals surface area (Å²) in [5, 5.41) is 10.1. The Bertz CT molecular complexity index is 712. The van der Waals surface area contributed by atoms with E-state index < -0.39 is 0 Å². The highest BCUT2D eigenvalue weighted by Crippen LogP contribution is 2.10. The molecule has 0 atom stereocenters. The van der Waals surface area contributed by atoms with Gasteiger partial charge in [0.15, 0.2) is 5.96 Å². The van der Waals surface area contributed by atoms with Crippen LogP contribution in [-0.2, 0) is 17.7 Å². The molecule has 0 saturated heterocycles. The number of guanidine groups is 1. The van der Waals surface area contributed by atoms with E-state index >= 15 is 0 Å². The first kappa shape index (κ1) is 24.2. The standard InChI is InChI=1S/C22H32N4O.HI/c1-17-13-18(2)15-20(14-17)9-10-25-22(23-3)26-16-19-5-7-21(8-6-19)24-11-12-27-4;/h5-8,13-15,24H,9-12,16H2,1-4H3,(H2,23,25,26);1H. The van der Waals surface area contributed by atoms with Crippen molar-refractivity contribution in [1.29, 1.82) is 0 Å². The first-order valence-electron chi connectivity index (χ1n) is 9.44. The fourth-order valence-electron chi connectivity index (χ4n) is 2.98. The summed E-state index contributed by atoms with van der Waals surface area (Å²) in [5.74, 6) is 0.821. The molecule has 0 heterocycles. The lowest BCUT2D eigenvalue weighted by atomic mass is 10.1. The number of benzene rings is 2. The molecule has 0 radical (unpaired) electrons. The number of rotatable bonds is 9. The van der Waals surface area contributed by atoms with Gasteiger partial charge >= 0.3 is 0 Å². The van der Waals surface area contributed by atoms with E-state index in [1.807, 2.05) is 0 Å². The molecular weight excluding hydrogens is 463 g/mol. The van der Waals surface area contributed by atoms with Crippen LogP contribution in [0.2, 0.25) is 0 Å². The SMILES string of the molecule is CN=C(NCCc1cc(C)cc(C)c1)NCc1ccc(NCCOC)cc1.I. The van der Waals surface area contributed by atoms with E-state index in [0.717, 1.165) is 37.7 Å². The molecule has 0 amide bonds. The number of ether oxygens (including phenoxy) is 1. The Balaban J connectivity index is 0.00000392. The molecule has 3 N–H and O–H groups in total. The first-order valence-corrected chi connectivity index (χ1v) is 9.44. The zero-order chi connectivity index (χ0) is 19.5. The average Bonchev–Trinajstić information content (AvgIpc) is 2.65. The monoisotopic (exact) mass is 496 g/mol. The van der Waals surface area contributed by atoms with E-state index in [1.165, 1.54) is 22.3 Å². The van der Waals surface area contributed by atoms with Crippen LogP contribution in [0.5, 0.6) is 0 Å². The third kappa shape index (κ3) is 8.93. The number of halogens is 1. The highest BCUT2D eigenvalue weighted by molar-refractivity contribution is 14.0. The van der Waals surface area contributed by atoms with Crippen molar-refractivity contribution < 1.29 is 4.74 Å². The van der Waals surface area contributed by atoms with Gasteiger partial charge in [0.2, 0.25) is 0 Å². The molecule has 0 aromatic heterocycles.